The van der Waals surface area contributed by atoms with Gasteiger partial charge in [0.05, 0.1) is 11.7 Å². The van der Waals surface area contributed by atoms with Crippen LogP contribution in [0.5, 0.6) is 0 Å². The molecule has 7 heteroatoms. The fourth-order valence-corrected chi connectivity index (χ4v) is 13.0. The molecule has 0 N–H and O–H groups in total. The fourth-order valence-electron chi connectivity index (χ4n) is 8.60. The number of carbonyl (C=O) groups excluding carboxylic acids is 1. The third-order valence-corrected chi connectivity index (χ3v) is 15.7. The minimum Gasteiger partial charge on any atom is -0.422 e. The zero-order valence-corrected chi connectivity index (χ0v) is 30.3. The SMILES string of the molecule is O=C(/C=C/c1cc2cc3c4c(c2oc1=O)CCCN4CCC3)N1CCN(CCCC[P+](c2ccccc2)(c2ccccc2)c2ccccc2)CC1. The van der Waals surface area contributed by atoms with Gasteiger partial charge >= 0.3 is 5.63 Å². The first-order valence-electron chi connectivity index (χ1n) is 18.7. The van der Waals surface area contributed by atoms with Gasteiger partial charge in [0.25, 0.3) is 0 Å². The van der Waals surface area contributed by atoms with Crippen LogP contribution in [0, 0.1) is 0 Å². The molecule has 0 atom stereocenters. The number of carbonyl (C=O) groups is 1. The van der Waals surface area contributed by atoms with Crippen LogP contribution in [-0.4, -0.2) is 67.7 Å². The van der Waals surface area contributed by atoms with Crippen LogP contribution in [0.1, 0.15) is 42.4 Å². The number of rotatable bonds is 10. The zero-order valence-electron chi connectivity index (χ0n) is 29.4. The number of aryl methyl sites for hydroxylation is 2. The summed E-state index contributed by atoms with van der Waals surface area (Å²) >= 11 is 0. The van der Waals surface area contributed by atoms with Gasteiger partial charge in [-0.05, 0) is 105 Å². The van der Waals surface area contributed by atoms with Crippen molar-refractivity contribution in [3.8, 4) is 0 Å². The highest BCUT2D eigenvalue weighted by Gasteiger charge is 2.44. The molecule has 0 spiro atoms. The molecule has 3 aliphatic heterocycles. The van der Waals surface area contributed by atoms with Crippen LogP contribution in [0.2, 0.25) is 0 Å². The van der Waals surface area contributed by atoms with Gasteiger partial charge in [0.2, 0.25) is 5.91 Å². The van der Waals surface area contributed by atoms with E-state index in [1.165, 1.54) is 32.7 Å². The molecule has 0 aliphatic carbocycles. The number of fused-ring (bicyclic) bond motifs is 2. The molecule has 0 bridgehead atoms. The molecule has 5 aromatic rings. The quantitative estimate of drug-likeness (QED) is 0.0731. The Bertz CT molecular complexity index is 1970. The summed E-state index contributed by atoms with van der Waals surface area (Å²) in [5, 5.41) is 5.26. The van der Waals surface area contributed by atoms with Crippen LogP contribution in [0.3, 0.4) is 0 Å². The lowest BCUT2D eigenvalue weighted by atomic mass is 9.90. The minimum atomic E-state index is -1.82. The summed E-state index contributed by atoms with van der Waals surface area (Å²) in [6.45, 7) is 6.28. The van der Waals surface area contributed by atoms with E-state index in [-0.39, 0.29) is 11.5 Å². The molecule has 1 saturated heterocycles. The molecule has 4 aromatic carbocycles. The number of hydrogen-bond donors (Lipinski definition) is 0. The molecule has 8 rings (SSSR count). The number of anilines is 1. The molecule has 0 unspecified atom stereocenters. The second-order valence-electron chi connectivity index (χ2n) is 14.2. The first-order chi connectivity index (χ1) is 25.1. The van der Waals surface area contributed by atoms with Crippen molar-refractivity contribution in [1.29, 1.82) is 0 Å². The summed E-state index contributed by atoms with van der Waals surface area (Å²) in [4.78, 5) is 33.2. The molecule has 51 heavy (non-hydrogen) atoms. The van der Waals surface area contributed by atoms with Gasteiger partial charge in [-0.25, -0.2) is 4.79 Å². The van der Waals surface area contributed by atoms with E-state index in [1.54, 1.807) is 12.2 Å². The third kappa shape index (κ3) is 6.80. The van der Waals surface area contributed by atoms with Gasteiger partial charge < -0.3 is 14.2 Å². The zero-order chi connectivity index (χ0) is 34.6. The van der Waals surface area contributed by atoms with Crippen molar-refractivity contribution in [2.45, 2.75) is 38.5 Å². The number of benzene rings is 4. The van der Waals surface area contributed by atoms with E-state index in [2.05, 4.69) is 107 Å². The van der Waals surface area contributed by atoms with E-state index in [0.717, 1.165) is 88.4 Å². The predicted molar refractivity (Wildman–Crippen MR) is 213 cm³/mol. The molecule has 3 aliphatic rings. The average molecular weight is 697 g/mol. The molecule has 1 amide bonds. The minimum absolute atomic E-state index is 0.0477. The Balaban J connectivity index is 0.893. The third-order valence-electron chi connectivity index (χ3n) is 11.1. The number of nitrogens with zero attached hydrogens (tertiary/aromatic N) is 3. The van der Waals surface area contributed by atoms with Crippen molar-refractivity contribution >= 4 is 51.8 Å². The second kappa shape index (κ2) is 15.0. The lowest BCUT2D eigenvalue weighted by Crippen LogP contribution is -2.48. The highest BCUT2D eigenvalue weighted by Crippen LogP contribution is 2.56. The average Bonchev–Trinajstić information content (AvgIpc) is 3.19. The predicted octanol–water partition coefficient (Wildman–Crippen LogP) is 6.42. The summed E-state index contributed by atoms with van der Waals surface area (Å²) in [5.41, 5.74) is 4.61. The van der Waals surface area contributed by atoms with Crippen LogP contribution in [0.25, 0.3) is 17.0 Å². The number of unbranched alkanes of at least 4 members (excludes halogenated alkanes) is 1. The Morgan fingerprint density at radius 2 is 1.33 bits per heavy atom. The normalized spacial score (nSPS) is 16.5. The molecule has 1 fully saturated rings. The first kappa shape index (κ1) is 33.6. The van der Waals surface area contributed by atoms with Gasteiger partial charge in [0.15, 0.2) is 0 Å². The van der Waals surface area contributed by atoms with E-state index < -0.39 is 7.26 Å². The van der Waals surface area contributed by atoms with E-state index in [0.29, 0.717) is 18.7 Å². The monoisotopic (exact) mass is 696 g/mol. The Labute approximate surface area is 301 Å². The van der Waals surface area contributed by atoms with Gasteiger partial charge in [-0.3, -0.25) is 9.69 Å². The highest BCUT2D eigenvalue weighted by molar-refractivity contribution is 7.95. The summed E-state index contributed by atoms with van der Waals surface area (Å²) in [7, 11) is -1.82. The van der Waals surface area contributed by atoms with E-state index in [1.807, 2.05) is 11.0 Å². The first-order valence-corrected chi connectivity index (χ1v) is 20.7. The lowest BCUT2D eigenvalue weighted by molar-refractivity contribution is -0.127. The Hall–Kier alpha value is -4.51. The lowest BCUT2D eigenvalue weighted by Gasteiger charge is -2.37. The molecule has 0 saturated carbocycles. The number of hydrogen-bond acceptors (Lipinski definition) is 5. The molecule has 260 valence electrons. The maximum atomic E-state index is 13.2. The van der Waals surface area contributed by atoms with Crippen molar-refractivity contribution in [2.24, 2.45) is 0 Å². The highest BCUT2D eigenvalue weighted by atomic mass is 31.2. The summed E-state index contributed by atoms with van der Waals surface area (Å²) < 4.78 is 5.93. The maximum Gasteiger partial charge on any atom is 0.343 e. The Kier molecular flexibility index (Phi) is 9.89. The molecule has 1 aromatic heterocycles. The van der Waals surface area contributed by atoms with Gasteiger partial charge in [-0.2, -0.15) is 0 Å². The van der Waals surface area contributed by atoms with Crippen molar-refractivity contribution in [3.63, 3.8) is 0 Å². The smallest absolute Gasteiger partial charge is 0.343 e. The standard InChI is InChI=1S/C44H47N3O3P/c48-41(23-22-35-33-36-32-34-14-12-25-47-26-13-21-40(42(34)47)43(36)50-44(35)49)46-29-27-45(28-30-46)24-10-11-31-51(37-15-4-1-5-16-37,38-17-6-2-7-18-38)39-19-8-3-9-20-39/h1-9,15-20,22-23,32-33H,10-14,21,24-31H2/q+1/b23-22+. The van der Waals surface area contributed by atoms with Crippen LogP contribution >= 0.6 is 7.26 Å². The van der Waals surface area contributed by atoms with Crippen molar-refractivity contribution < 1.29 is 9.21 Å². The summed E-state index contributed by atoms with van der Waals surface area (Å²) in [6.07, 6.45) is 10.8. The largest absolute Gasteiger partial charge is 0.422 e. The van der Waals surface area contributed by atoms with Gasteiger partial charge in [-0.1, -0.05) is 54.6 Å². The van der Waals surface area contributed by atoms with E-state index in [4.69, 9.17) is 4.42 Å². The maximum absolute atomic E-state index is 13.2. The van der Waals surface area contributed by atoms with E-state index in [9.17, 15) is 9.59 Å². The second-order valence-corrected chi connectivity index (χ2v) is 17.8. The summed E-state index contributed by atoms with van der Waals surface area (Å²) in [5.74, 6) is -0.0477. The number of piperazine rings is 1. The van der Waals surface area contributed by atoms with Crippen molar-refractivity contribution in [2.75, 3.05) is 56.9 Å². The molecule has 0 radical (unpaired) electrons. The van der Waals surface area contributed by atoms with Crippen molar-refractivity contribution in [1.82, 2.24) is 9.80 Å². The Morgan fingerprint density at radius 1 is 0.725 bits per heavy atom. The van der Waals surface area contributed by atoms with Gasteiger partial charge in [-0.15, -0.1) is 0 Å². The Morgan fingerprint density at radius 3 is 1.96 bits per heavy atom. The molecule has 6 nitrogen and oxygen atoms in total. The van der Waals surface area contributed by atoms with Gasteiger partial charge in [0, 0.05) is 62.0 Å². The molecular weight excluding hydrogens is 649 g/mol. The fraction of sp³-hybridized carbons (Fsp3) is 0.318. The number of amides is 1. The van der Waals surface area contributed by atoms with Crippen molar-refractivity contribution in [3.05, 3.63) is 136 Å². The van der Waals surface area contributed by atoms with Crippen LogP contribution in [0.4, 0.5) is 5.69 Å². The van der Waals surface area contributed by atoms with Crippen LogP contribution in [-0.2, 0) is 17.6 Å². The van der Waals surface area contributed by atoms with E-state index >= 15 is 0 Å². The summed E-state index contributed by atoms with van der Waals surface area (Å²) in [6, 6.07) is 37.4. The van der Waals surface area contributed by atoms with Crippen LogP contribution in [0.15, 0.2) is 118 Å². The van der Waals surface area contributed by atoms with Gasteiger partial charge in [0.1, 0.15) is 28.8 Å². The molecule has 4 heterocycles. The molecular formula is C44H47N3O3P+. The van der Waals surface area contributed by atoms with Crippen LogP contribution < -0.4 is 26.4 Å². The topological polar surface area (TPSA) is 57.0 Å².